The molecule has 0 spiro atoms. The highest BCUT2D eigenvalue weighted by molar-refractivity contribution is 5.85. The highest BCUT2D eigenvalue weighted by atomic mass is 35.5. The van der Waals surface area contributed by atoms with E-state index >= 15 is 0 Å². The van der Waals surface area contributed by atoms with Gasteiger partial charge in [0.15, 0.2) is 0 Å². The van der Waals surface area contributed by atoms with E-state index in [1.165, 1.54) is 0 Å². The molecule has 1 aliphatic rings. The van der Waals surface area contributed by atoms with Gasteiger partial charge in [-0.25, -0.2) is 4.98 Å². The Morgan fingerprint density at radius 3 is 2.68 bits per heavy atom. The average Bonchev–Trinajstić information content (AvgIpc) is 3.23. The molecule has 1 unspecified atom stereocenters. The fourth-order valence-electron chi connectivity index (χ4n) is 2.99. The zero-order chi connectivity index (χ0) is 17.9. The van der Waals surface area contributed by atoms with Crippen molar-refractivity contribution in [1.82, 2.24) is 30.7 Å². The van der Waals surface area contributed by atoms with E-state index < -0.39 is 0 Å². The fraction of sp³-hybridized carbons (Fsp3) is 0.222. The van der Waals surface area contributed by atoms with Crippen LogP contribution in [0.25, 0.3) is 22.4 Å². The number of piperazine rings is 1. The minimum absolute atomic E-state index is 0. The molecule has 2 aromatic heterocycles. The van der Waals surface area contributed by atoms with Crippen LogP contribution in [0.2, 0.25) is 0 Å². The Morgan fingerprint density at radius 2 is 2.04 bits per heavy atom. The number of aromatic nitrogens is 5. The summed E-state index contributed by atoms with van der Waals surface area (Å²) in [5, 5.41) is 28.9. The van der Waals surface area contributed by atoms with Crippen molar-refractivity contribution < 1.29 is 5.11 Å². The maximum Gasteiger partial charge on any atom is 0.245 e. The molecule has 148 valence electrons. The predicted molar refractivity (Wildman–Crippen MR) is 113 cm³/mol. The van der Waals surface area contributed by atoms with E-state index in [1.54, 1.807) is 24.7 Å². The monoisotopic (exact) mass is 421 g/mol. The molecule has 3 aromatic rings. The van der Waals surface area contributed by atoms with Gasteiger partial charge in [0.1, 0.15) is 11.4 Å². The minimum atomic E-state index is 0. The molecular weight excluding hydrogens is 401 g/mol. The maximum atomic E-state index is 10.4. The standard InChI is InChI=1S/C18H19N7O.2ClH/c1-2-14-11-25(6-5-19-14)18-20-10-16(23-24-18)15-4-3-12(7-17(15)26)13-8-21-22-9-13;;/h2-4,7-10,14,19,26H,1,5-6,11H2,(H,21,22);2*1H. The Balaban J connectivity index is 0.00000140. The van der Waals surface area contributed by atoms with Gasteiger partial charge < -0.3 is 15.3 Å². The Labute approximate surface area is 174 Å². The SMILES string of the molecule is C=CC1CN(c2ncc(-c3ccc(-c4cn[nH]c4)cc3O)nn2)CCN1.Cl.Cl. The zero-order valence-corrected chi connectivity index (χ0v) is 16.6. The normalized spacial score (nSPS) is 16.0. The quantitative estimate of drug-likeness (QED) is 0.555. The van der Waals surface area contributed by atoms with Crippen molar-refractivity contribution in [2.24, 2.45) is 0 Å². The van der Waals surface area contributed by atoms with E-state index in [0.717, 1.165) is 30.8 Å². The van der Waals surface area contributed by atoms with Crippen molar-refractivity contribution in [2.45, 2.75) is 6.04 Å². The van der Waals surface area contributed by atoms with Gasteiger partial charge >= 0.3 is 0 Å². The van der Waals surface area contributed by atoms with Crippen LogP contribution < -0.4 is 10.2 Å². The van der Waals surface area contributed by atoms with Crippen LogP contribution in [0.15, 0.2) is 49.4 Å². The third-order valence-corrected chi connectivity index (χ3v) is 4.43. The lowest BCUT2D eigenvalue weighted by Crippen LogP contribution is -2.50. The van der Waals surface area contributed by atoms with Gasteiger partial charge in [-0.1, -0.05) is 12.1 Å². The van der Waals surface area contributed by atoms with Crippen molar-refractivity contribution in [3.05, 3.63) is 49.4 Å². The number of phenolic OH excluding ortho intramolecular Hbond substituents is 1. The number of nitrogens with one attached hydrogen (secondary N) is 2. The molecule has 0 saturated carbocycles. The third kappa shape index (κ3) is 4.41. The van der Waals surface area contributed by atoms with Crippen LogP contribution in [0.3, 0.4) is 0 Å². The summed E-state index contributed by atoms with van der Waals surface area (Å²) in [6.07, 6.45) is 7.00. The number of phenols is 1. The van der Waals surface area contributed by atoms with Gasteiger partial charge in [-0.05, 0) is 17.7 Å². The topological polar surface area (TPSA) is 103 Å². The number of H-pyrrole nitrogens is 1. The molecule has 1 atom stereocenters. The molecule has 0 bridgehead atoms. The van der Waals surface area contributed by atoms with Crippen molar-refractivity contribution in [3.8, 4) is 28.1 Å². The number of nitrogens with zero attached hydrogens (tertiary/aromatic N) is 5. The van der Waals surface area contributed by atoms with Gasteiger partial charge in [-0.3, -0.25) is 5.10 Å². The number of hydrogen-bond acceptors (Lipinski definition) is 7. The maximum absolute atomic E-state index is 10.4. The summed E-state index contributed by atoms with van der Waals surface area (Å²) in [5.41, 5.74) is 2.89. The van der Waals surface area contributed by atoms with Crippen LogP contribution >= 0.6 is 24.8 Å². The second-order valence-corrected chi connectivity index (χ2v) is 6.10. The van der Waals surface area contributed by atoms with E-state index in [9.17, 15) is 5.11 Å². The molecule has 1 aromatic carbocycles. The molecule has 0 amide bonds. The second-order valence-electron chi connectivity index (χ2n) is 6.10. The van der Waals surface area contributed by atoms with E-state index in [-0.39, 0.29) is 36.6 Å². The molecule has 1 fully saturated rings. The van der Waals surface area contributed by atoms with Gasteiger partial charge in [0, 0.05) is 43.0 Å². The number of rotatable bonds is 4. The molecule has 0 radical (unpaired) electrons. The molecule has 10 heteroatoms. The molecule has 1 aliphatic heterocycles. The third-order valence-electron chi connectivity index (χ3n) is 4.43. The number of halogens is 2. The van der Waals surface area contributed by atoms with Crippen LogP contribution in [0.1, 0.15) is 0 Å². The van der Waals surface area contributed by atoms with Crippen molar-refractivity contribution >= 4 is 30.8 Å². The fourth-order valence-corrected chi connectivity index (χ4v) is 2.99. The van der Waals surface area contributed by atoms with Crippen LogP contribution in [-0.2, 0) is 0 Å². The predicted octanol–water partition coefficient (Wildman–Crippen LogP) is 2.44. The molecule has 8 nitrogen and oxygen atoms in total. The average molecular weight is 422 g/mol. The number of anilines is 1. The summed E-state index contributed by atoms with van der Waals surface area (Å²) in [5.74, 6) is 0.707. The minimum Gasteiger partial charge on any atom is -0.507 e. The smallest absolute Gasteiger partial charge is 0.245 e. The van der Waals surface area contributed by atoms with Gasteiger partial charge in [0.05, 0.1) is 12.4 Å². The lowest BCUT2D eigenvalue weighted by atomic mass is 10.0. The van der Waals surface area contributed by atoms with Crippen LogP contribution in [0.5, 0.6) is 5.75 Å². The molecule has 28 heavy (non-hydrogen) atoms. The van der Waals surface area contributed by atoms with Gasteiger partial charge in [-0.15, -0.1) is 41.6 Å². The highest BCUT2D eigenvalue weighted by Gasteiger charge is 2.19. The van der Waals surface area contributed by atoms with Crippen LogP contribution in [0.4, 0.5) is 5.95 Å². The van der Waals surface area contributed by atoms with Crippen molar-refractivity contribution in [2.75, 3.05) is 24.5 Å². The number of hydrogen-bond donors (Lipinski definition) is 3. The first kappa shape index (κ1) is 21.6. The summed E-state index contributed by atoms with van der Waals surface area (Å²) >= 11 is 0. The van der Waals surface area contributed by atoms with E-state index in [1.807, 2.05) is 18.2 Å². The van der Waals surface area contributed by atoms with Crippen molar-refractivity contribution in [3.63, 3.8) is 0 Å². The van der Waals surface area contributed by atoms with Gasteiger partial charge in [0.25, 0.3) is 0 Å². The lowest BCUT2D eigenvalue weighted by molar-refractivity contribution is 0.477. The Bertz CT molecular complexity index is 903. The van der Waals surface area contributed by atoms with Crippen LogP contribution in [0, 0.1) is 0 Å². The van der Waals surface area contributed by atoms with Crippen LogP contribution in [-0.4, -0.2) is 56.2 Å². The zero-order valence-electron chi connectivity index (χ0n) is 14.9. The number of aromatic hydroxyl groups is 1. The Kier molecular flexibility index (Phi) is 7.33. The van der Waals surface area contributed by atoms with Gasteiger partial charge in [-0.2, -0.15) is 5.10 Å². The van der Waals surface area contributed by atoms with E-state index in [4.69, 9.17) is 0 Å². The van der Waals surface area contributed by atoms with E-state index in [0.29, 0.717) is 17.2 Å². The first-order valence-electron chi connectivity index (χ1n) is 8.38. The molecule has 0 aliphatic carbocycles. The molecule has 1 saturated heterocycles. The summed E-state index contributed by atoms with van der Waals surface area (Å²) in [6.45, 7) is 6.24. The largest absolute Gasteiger partial charge is 0.507 e. The van der Waals surface area contributed by atoms with E-state index in [2.05, 4.69) is 42.2 Å². The second kappa shape index (κ2) is 9.50. The lowest BCUT2D eigenvalue weighted by Gasteiger charge is -2.31. The van der Waals surface area contributed by atoms with Gasteiger partial charge in [0.2, 0.25) is 5.95 Å². The molecular formula is C18H21Cl2N7O. The summed E-state index contributed by atoms with van der Waals surface area (Å²) in [4.78, 5) is 6.50. The summed E-state index contributed by atoms with van der Waals surface area (Å²) < 4.78 is 0. The summed E-state index contributed by atoms with van der Waals surface area (Å²) in [6, 6.07) is 5.61. The summed E-state index contributed by atoms with van der Waals surface area (Å²) in [7, 11) is 0. The number of benzene rings is 1. The highest BCUT2D eigenvalue weighted by Crippen LogP contribution is 2.31. The first-order chi connectivity index (χ1) is 12.7. The van der Waals surface area contributed by atoms with Crippen molar-refractivity contribution in [1.29, 1.82) is 0 Å². The molecule has 4 rings (SSSR count). The molecule has 3 N–H and O–H groups in total. The first-order valence-corrected chi connectivity index (χ1v) is 8.38. The Morgan fingerprint density at radius 1 is 1.18 bits per heavy atom. The number of aromatic amines is 1. The Hall–Kier alpha value is -2.68. The molecule has 3 heterocycles.